The molecule has 23 heteroatoms. The van der Waals surface area contributed by atoms with E-state index in [1.165, 1.54) is 23.2 Å². The number of aryl methyl sites for hydroxylation is 2. The van der Waals surface area contributed by atoms with E-state index in [2.05, 4.69) is 35.7 Å². The number of nitrogens with one attached hydrogen (secondary N) is 3. The summed E-state index contributed by atoms with van der Waals surface area (Å²) < 4.78 is 69.3. The number of morpholine rings is 1. The van der Waals surface area contributed by atoms with Crippen LogP contribution in [-0.4, -0.2) is 170 Å². The van der Waals surface area contributed by atoms with Crippen LogP contribution in [0.1, 0.15) is 78.9 Å². The van der Waals surface area contributed by atoms with Crippen molar-refractivity contribution in [1.82, 2.24) is 35.4 Å². The minimum absolute atomic E-state index is 0.0258. The second-order valence-corrected chi connectivity index (χ2v) is 21.6. The highest BCUT2D eigenvalue weighted by Gasteiger charge is 2.42. The molecule has 0 unspecified atom stereocenters. The van der Waals surface area contributed by atoms with Gasteiger partial charge >= 0.3 is 6.18 Å². The average molecular weight is 1140 g/mol. The molecule has 0 radical (unpaired) electrons. The Balaban J connectivity index is 0.713. The number of alkyl halides is 3. The van der Waals surface area contributed by atoms with E-state index in [-0.39, 0.29) is 62.3 Å². The molecule has 3 aromatic heterocycles. The van der Waals surface area contributed by atoms with Crippen molar-refractivity contribution in [3.05, 3.63) is 107 Å². The summed E-state index contributed by atoms with van der Waals surface area (Å²) in [4.78, 5) is 74.0. The van der Waals surface area contributed by atoms with Crippen LogP contribution >= 0.6 is 11.3 Å². The Morgan fingerprint density at radius 2 is 1.54 bits per heavy atom. The number of hydrogen-bond donors (Lipinski definition) is 4. The number of anilines is 2. The minimum Gasteiger partial charge on any atom is -0.473 e. The third-order valence-electron chi connectivity index (χ3n) is 14.5. The number of aliphatic hydroxyl groups is 1. The lowest BCUT2D eigenvalue weighted by atomic mass is 10.0. The number of benzene rings is 2. The molecule has 4 atom stereocenters. The molecule has 3 aliphatic rings. The van der Waals surface area contributed by atoms with Crippen LogP contribution in [0.15, 0.2) is 78.6 Å². The zero-order chi connectivity index (χ0) is 57.6. The van der Waals surface area contributed by atoms with Gasteiger partial charge in [-0.05, 0) is 81.0 Å². The highest BCUT2D eigenvalue weighted by molar-refractivity contribution is 7.13. The third-order valence-corrected chi connectivity index (χ3v) is 15.5. The Labute approximate surface area is 473 Å². The molecular formula is C58H72F3N9O10S. The molecule has 0 spiro atoms. The number of thiazole rings is 1. The number of β-amino-alcohol motifs (C(OH)–C–C–N with tert-alkyl or cyclic N) is 1. The highest BCUT2D eigenvalue weighted by Crippen LogP contribution is 2.36. The van der Waals surface area contributed by atoms with Gasteiger partial charge in [0.1, 0.15) is 30.5 Å². The van der Waals surface area contributed by atoms with E-state index in [1.807, 2.05) is 56.6 Å². The lowest BCUT2D eigenvalue weighted by Crippen LogP contribution is -2.55. The highest BCUT2D eigenvalue weighted by atomic mass is 32.1. The number of pyridine rings is 2. The van der Waals surface area contributed by atoms with Crippen molar-refractivity contribution in [2.75, 3.05) is 102 Å². The van der Waals surface area contributed by atoms with E-state index in [0.29, 0.717) is 68.9 Å². The number of aromatic nitrogens is 3. The number of piperidine rings is 1. The molecule has 2 aromatic carbocycles. The second kappa shape index (κ2) is 28.4. The fourth-order valence-corrected chi connectivity index (χ4v) is 10.8. The molecular weight excluding hydrogens is 1070 g/mol. The molecule has 6 heterocycles. The number of halogens is 3. The summed E-state index contributed by atoms with van der Waals surface area (Å²) in [5.74, 6) is -1.81. The summed E-state index contributed by atoms with van der Waals surface area (Å²) >= 11 is 1.57. The van der Waals surface area contributed by atoms with Gasteiger partial charge in [-0.2, -0.15) is 13.2 Å². The standard InChI is InChI=1S/C58H72F3N9O10S/c1-36(2)52(57(75)70-33-46(71)30-49(70)55(74)65-37(3)40-9-11-41(12-10-40)53-39(5)64-35-81-53)67-51(72)34-79-26-25-78-24-23-77-20-17-68-15-13-47(14-16-68)80-56-50(69-18-21-76-22-19-69)28-43(31-63-56)48-29-45(32-62-38(48)4)66-54(73)42-7-6-8-44(27-42)58(59,60)61/h6-12,27-29,31-32,35-37,46-47,49,52,71H,13-26,30,33-34H2,1-5H3,(H,65,74)(H,66,73)(H,67,72)/t37-,46+,49-,52-/m0/s1. The van der Waals surface area contributed by atoms with Gasteiger partial charge in [0.2, 0.25) is 23.6 Å². The van der Waals surface area contributed by atoms with Crippen molar-refractivity contribution in [3.63, 3.8) is 0 Å². The number of hydrogen-bond acceptors (Lipinski definition) is 16. The molecule has 81 heavy (non-hydrogen) atoms. The molecule has 19 nitrogen and oxygen atoms in total. The number of likely N-dealkylation sites (tertiary alicyclic amines) is 2. The number of amides is 4. The maximum Gasteiger partial charge on any atom is 0.416 e. The summed E-state index contributed by atoms with van der Waals surface area (Å²) in [5, 5.41) is 19.1. The van der Waals surface area contributed by atoms with E-state index >= 15 is 0 Å². The topological polar surface area (TPSA) is 219 Å². The molecule has 0 aliphatic carbocycles. The Bertz CT molecular complexity index is 2920. The van der Waals surface area contributed by atoms with Crippen LogP contribution in [0.5, 0.6) is 5.88 Å². The lowest BCUT2D eigenvalue weighted by Gasteiger charge is -2.34. The molecule has 3 saturated heterocycles. The van der Waals surface area contributed by atoms with Crippen LogP contribution in [-0.2, 0) is 39.5 Å². The van der Waals surface area contributed by atoms with E-state index in [4.69, 9.17) is 28.7 Å². The molecule has 3 aliphatic heterocycles. The van der Waals surface area contributed by atoms with Crippen molar-refractivity contribution < 1.29 is 61.1 Å². The monoisotopic (exact) mass is 1140 g/mol. The number of rotatable bonds is 24. The van der Waals surface area contributed by atoms with Gasteiger partial charge in [0.25, 0.3) is 5.91 Å². The zero-order valence-electron chi connectivity index (χ0n) is 46.3. The second-order valence-electron chi connectivity index (χ2n) is 20.8. The van der Waals surface area contributed by atoms with Gasteiger partial charge in [-0.1, -0.05) is 44.2 Å². The van der Waals surface area contributed by atoms with Gasteiger partial charge in [0, 0.05) is 74.3 Å². The smallest absolute Gasteiger partial charge is 0.416 e. The summed E-state index contributed by atoms with van der Waals surface area (Å²) in [5.41, 5.74) is 6.87. The van der Waals surface area contributed by atoms with Crippen LogP contribution in [0.3, 0.4) is 0 Å². The quantitative estimate of drug-likeness (QED) is 0.0464. The maximum absolute atomic E-state index is 13.9. The Hall–Kier alpha value is -6.60. The Morgan fingerprint density at radius 1 is 0.827 bits per heavy atom. The molecule has 0 saturated carbocycles. The van der Waals surface area contributed by atoms with Crippen molar-refractivity contribution in [2.45, 2.75) is 90.4 Å². The Kier molecular flexibility index (Phi) is 21.2. The van der Waals surface area contributed by atoms with Crippen LogP contribution in [0.2, 0.25) is 0 Å². The van der Waals surface area contributed by atoms with Gasteiger partial charge in [0.15, 0.2) is 0 Å². The number of aliphatic hydroxyl groups excluding tert-OH is 1. The number of nitrogens with zero attached hydrogens (tertiary/aromatic N) is 6. The molecule has 436 valence electrons. The SMILES string of the molecule is Cc1ncc(NC(=O)c2cccc(C(F)(F)F)c2)cc1-c1cnc(OC2CCN(CCOCCOCCOCC(=O)N[C@H](C(=O)N3C[C@H](O)C[C@H]3C(=O)N[C@@H](C)c3ccc(-c4scnc4C)cc3)C(C)C)CC2)c(N2CCOCC2)c1. The molecule has 4 amide bonds. The predicted octanol–water partition coefficient (Wildman–Crippen LogP) is 6.86. The van der Waals surface area contributed by atoms with Crippen molar-refractivity contribution in [2.24, 2.45) is 5.92 Å². The van der Waals surface area contributed by atoms with Gasteiger partial charge in [0.05, 0.1) is 91.9 Å². The van der Waals surface area contributed by atoms with Gasteiger partial charge < -0.3 is 59.4 Å². The molecule has 3 fully saturated rings. The summed E-state index contributed by atoms with van der Waals surface area (Å²) in [6.45, 7) is 15.3. The van der Waals surface area contributed by atoms with Crippen LogP contribution in [0, 0.1) is 19.8 Å². The van der Waals surface area contributed by atoms with Crippen LogP contribution in [0.4, 0.5) is 24.5 Å². The van der Waals surface area contributed by atoms with E-state index < -0.39 is 47.6 Å². The van der Waals surface area contributed by atoms with Gasteiger partial charge in [-0.15, -0.1) is 11.3 Å². The first-order chi connectivity index (χ1) is 38.9. The Morgan fingerprint density at radius 3 is 2.23 bits per heavy atom. The number of ether oxygens (including phenoxy) is 5. The molecule has 8 rings (SSSR count). The van der Waals surface area contributed by atoms with Crippen molar-refractivity contribution in [3.8, 4) is 27.4 Å². The van der Waals surface area contributed by atoms with E-state index in [1.54, 1.807) is 37.4 Å². The average Bonchev–Trinajstić information content (AvgIpc) is 4.18. The summed E-state index contributed by atoms with van der Waals surface area (Å²) in [6, 6.07) is 13.7. The van der Waals surface area contributed by atoms with Gasteiger partial charge in [-0.3, -0.25) is 24.2 Å². The maximum atomic E-state index is 13.9. The molecule has 4 N–H and O–H groups in total. The largest absolute Gasteiger partial charge is 0.473 e. The fraction of sp³-hybridized carbons (Fsp3) is 0.500. The first-order valence-corrected chi connectivity index (χ1v) is 28.3. The first-order valence-electron chi connectivity index (χ1n) is 27.4. The number of carbonyl (C=O) groups excluding carboxylic acids is 4. The molecule has 0 bridgehead atoms. The first kappa shape index (κ1) is 60.5. The normalized spacial score (nSPS) is 18.0. The number of carbonyl (C=O) groups is 4. The van der Waals surface area contributed by atoms with Crippen LogP contribution in [0.25, 0.3) is 21.6 Å². The fourth-order valence-electron chi connectivity index (χ4n) is 9.96. The zero-order valence-corrected chi connectivity index (χ0v) is 47.2. The molecule has 5 aromatic rings. The van der Waals surface area contributed by atoms with Gasteiger partial charge in [-0.25, -0.2) is 9.97 Å². The van der Waals surface area contributed by atoms with Crippen LogP contribution < -0.4 is 25.6 Å². The lowest BCUT2D eigenvalue weighted by molar-refractivity contribution is -0.143. The summed E-state index contributed by atoms with van der Waals surface area (Å²) in [6.07, 6.45) is -0.718. The van der Waals surface area contributed by atoms with E-state index in [9.17, 15) is 37.5 Å². The van der Waals surface area contributed by atoms with Crippen molar-refractivity contribution >= 4 is 46.3 Å². The third kappa shape index (κ3) is 16.5. The van der Waals surface area contributed by atoms with Crippen molar-refractivity contribution in [1.29, 1.82) is 0 Å². The summed E-state index contributed by atoms with van der Waals surface area (Å²) in [7, 11) is 0. The predicted molar refractivity (Wildman–Crippen MR) is 299 cm³/mol. The minimum atomic E-state index is -4.58. The van der Waals surface area contributed by atoms with E-state index in [0.717, 1.165) is 77.6 Å².